The summed E-state index contributed by atoms with van der Waals surface area (Å²) >= 11 is 0. The van der Waals surface area contributed by atoms with Crippen LogP contribution >= 0.6 is 0 Å². The van der Waals surface area contributed by atoms with Gasteiger partial charge in [-0.1, -0.05) is 107 Å². The number of ether oxygens (including phenoxy) is 1. The molecule has 2 aliphatic heterocycles. The molecule has 0 saturated heterocycles. The van der Waals surface area contributed by atoms with E-state index < -0.39 is 5.97 Å². The van der Waals surface area contributed by atoms with Crippen LogP contribution in [-0.4, -0.2) is 42.8 Å². The van der Waals surface area contributed by atoms with Crippen LogP contribution in [0.5, 0.6) is 0 Å². The van der Waals surface area contributed by atoms with Crippen LogP contribution in [0.15, 0.2) is 108 Å². The Labute approximate surface area is 256 Å². The van der Waals surface area contributed by atoms with Gasteiger partial charge in [-0.25, -0.2) is 9.59 Å². The summed E-state index contributed by atoms with van der Waals surface area (Å²) in [5.74, 6) is -1.19. The Bertz CT molecular complexity index is 1490. The topological polar surface area (TPSA) is 70.1 Å². The third kappa shape index (κ3) is 6.53. The highest BCUT2D eigenvalue weighted by Crippen LogP contribution is 2.48. The fourth-order valence-corrected chi connectivity index (χ4v) is 6.28. The van der Waals surface area contributed by atoms with Crippen LogP contribution < -0.4 is 9.80 Å². The standard InChI is InChI=1S/C37H44N2O4/c1-7-27(35(41)42)24-26-39-31-20-15-13-18-29(31)37(5,6)33(39)22-11-9-10-21-32-36(3,4)28-17-12-14-19-30(28)38(32)25-16-23-34(40)43-8-2/h9-24,32H,7-8,25-26H2,1-6H3,(H,41,42)/b11-9+,21-10+,23-16+,27-24+,33-22+. The molecule has 0 spiro atoms. The lowest BCUT2D eigenvalue weighted by molar-refractivity contribution is -0.137. The van der Waals surface area contributed by atoms with Crippen molar-refractivity contribution in [3.05, 3.63) is 120 Å². The van der Waals surface area contributed by atoms with Crippen LogP contribution in [0.2, 0.25) is 0 Å². The number of carbonyl (C=O) groups excluding carboxylic acids is 1. The Kier molecular flexibility index (Phi) is 9.80. The third-order valence-corrected chi connectivity index (χ3v) is 8.57. The molecule has 4 rings (SSSR count). The van der Waals surface area contributed by atoms with Gasteiger partial charge in [-0.3, -0.25) is 0 Å². The molecule has 2 aliphatic rings. The summed E-state index contributed by atoms with van der Waals surface area (Å²) in [5, 5.41) is 9.56. The van der Waals surface area contributed by atoms with Crippen molar-refractivity contribution in [2.45, 2.75) is 64.8 Å². The largest absolute Gasteiger partial charge is 0.478 e. The van der Waals surface area contributed by atoms with Crippen LogP contribution in [0, 0.1) is 0 Å². The van der Waals surface area contributed by atoms with Gasteiger partial charge in [-0.2, -0.15) is 0 Å². The smallest absolute Gasteiger partial charge is 0.331 e. The van der Waals surface area contributed by atoms with Crippen molar-refractivity contribution in [1.29, 1.82) is 0 Å². The minimum Gasteiger partial charge on any atom is -0.478 e. The number of nitrogens with zero attached hydrogens (tertiary/aromatic N) is 2. The van der Waals surface area contributed by atoms with Crippen molar-refractivity contribution in [2.75, 3.05) is 29.5 Å². The van der Waals surface area contributed by atoms with Crippen molar-refractivity contribution < 1.29 is 19.4 Å². The summed E-state index contributed by atoms with van der Waals surface area (Å²) in [6.07, 6.45) is 16.3. The molecule has 0 aliphatic carbocycles. The molecule has 2 aromatic carbocycles. The SMILES string of the molecule is CCOC(=O)/C=C/CN1c2ccccc2C(C)(C)C1/C=C/C=C/C=C1/N(C/C=C(\CC)C(=O)O)c2ccccc2C1(C)C. The first-order valence-corrected chi connectivity index (χ1v) is 15.1. The Morgan fingerprint density at radius 1 is 0.907 bits per heavy atom. The Morgan fingerprint density at radius 3 is 2.26 bits per heavy atom. The van der Waals surface area contributed by atoms with Crippen molar-refractivity contribution in [3.8, 4) is 0 Å². The quantitative estimate of drug-likeness (QED) is 0.169. The van der Waals surface area contributed by atoms with Gasteiger partial charge in [-0.15, -0.1) is 0 Å². The molecule has 6 heteroatoms. The summed E-state index contributed by atoms with van der Waals surface area (Å²) in [5.41, 5.74) is 5.96. The first kappa shape index (κ1) is 31.6. The van der Waals surface area contributed by atoms with E-state index in [2.05, 4.69) is 110 Å². The van der Waals surface area contributed by atoms with E-state index >= 15 is 0 Å². The maximum absolute atomic E-state index is 11.9. The Morgan fingerprint density at radius 2 is 1.58 bits per heavy atom. The number of para-hydroxylation sites is 2. The van der Waals surface area contributed by atoms with Crippen LogP contribution in [-0.2, 0) is 25.2 Å². The predicted octanol–water partition coefficient (Wildman–Crippen LogP) is 7.49. The molecule has 2 heterocycles. The molecule has 1 unspecified atom stereocenters. The van der Waals surface area contributed by atoms with Gasteiger partial charge < -0.3 is 19.6 Å². The van der Waals surface area contributed by atoms with Crippen molar-refractivity contribution >= 4 is 23.3 Å². The predicted molar refractivity (Wildman–Crippen MR) is 176 cm³/mol. The van der Waals surface area contributed by atoms with Crippen molar-refractivity contribution in [1.82, 2.24) is 0 Å². The number of hydrogen-bond donors (Lipinski definition) is 1. The lowest BCUT2D eigenvalue weighted by Gasteiger charge is -2.31. The van der Waals surface area contributed by atoms with E-state index in [-0.39, 0.29) is 22.8 Å². The second-order valence-electron chi connectivity index (χ2n) is 12.0. The molecule has 226 valence electrons. The maximum Gasteiger partial charge on any atom is 0.331 e. The van der Waals surface area contributed by atoms with E-state index in [1.54, 1.807) is 6.92 Å². The summed E-state index contributed by atoms with van der Waals surface area (Å²) in [6.45, 7) is 14.1. The molecule has 0 fully saturated rings. The summed E-state index contributed by atoms with van der Waals surface area (Å²) in [7, 11) is 0. The number of benzene rings is 2. The number of fused-ring (bicyclic) bond motifs is 2. The minimum atomic E-state index is -0.868. The minimum absolute atomic E-state index is 0.0892. The van der Waals surface area contributed by atoms with Gasteiger partial charge in [0.15, 0.2) is 0 Å². The van der Waals surface area contributed by atoms with E-state index in [4.69, 9.17) is 4.74 Å². The number of aliphatic carboxylic acids is 1. The molecular formula is C37H44N2O4. The van der Waals surface area contributed by atoms with E-state index in [1.807, 2.05) is 25.1 Å². The molecule has 43 heavy (non-hydrogen) atoms. The summed E-state index contributed by atoms with van der Waals surface area (Å²) < 4.78 is 5.06. The zero-order valence-corrected chi connectivity index (χ0v) is 26.2. The maximum atomic E-state index is 11.9. The highest BCUT2D eigenvalue weighted by Gasteiger charge is 2.42. The summed E-state index contributed by atoms with van der Waals surface area (Å²) in [6, 6.07) is 16.9. The molecular weight excluding hydrogens is 536 g/mol. The van der Waals surface area contributed by atoms with Crippen LogP contribution in [0.25, 0.3) is 0 Å². The molecule has 0 saturated carbocycles. The first-order valence-electron chi connectivity index (χ1n) is 15.1. The van der Waals surface area contributed by atoms with Crippen LogP contribution in [0.1, 0.15) is 59.1 Å². The fraction of sp³-hybridized carbons (Fsp3) is 0.351. The van der Waals surface area contributed by atoms with E-state index in [9.17, 15) is 14.7 Å². The third-order valence-electron chi connectivity index (χ3n) is 8.57. The van der Waals surface area contributed by atoms with Gasteiger partial charge in [-0.05, 0) is 42.7 Å². The first-order chi connectivity index (χ1) is 20.5. The van der Waals surface area contributed by atoms with Gasteiger partial charge in [0, 0.05) is 52.6 Å². The molecule has 1 N–H and O–H groups in total. The van der Waals surface area contributed by atoms with Gasteiger partial charge in [0.25, 0.3) is 0 Å². The number of carboxylic acid groups (broad SMARTS) is 1. The molecule has 0 amide bonds. The lowest BCUT2D eigenvalue weighted by atomic mass is 9.80. The fourth-order valence-electron chi connectivity index (χ4n) is 6.28. The Hall–Kier alpha value is -4.32. The molecule has 0 bridgehead atoms. The van der Waals surface area contributed by atoms with Gasteiger partial charge in [0.2, 0.25) is 0 Å². The number of allylic oxidation sites excluding steroid dienone is 5. The molecule has 1 atom stereocenters. The second kappa shape index (κ2) is 13.3. The van der Waals surface area contributed by atoms with E-state index in [0.29, 0.717) is 31.7 Å². The zero-order valence-electron chi connectivity index (χ0n) is 26.2. The number of carbonyl (C=O) groups is 2. The molecule has 6 nitrogen and oxygen atoms in total. The monoisotopic (exact) mass is 580 g/mol. The number of hydrogen-bond acceptors (Lipinski definition) is 5. The Balaban J connectivity index is 1.59. The van der Waals surface area contributed by atoms with Gasteiger partial charge in [0.1, 0.15) is 0 Å². The average Bonchev–Trinajstić information content (AvgIpc) is 3.32. The van der Waals surface area contributed by atoms with Crippen LogP contribution in [0.4, 0.5) is 11.4 Å². The van der Waals surface area contributed by atoms with E-state index in [0.717, 1.165) is 11.4 Å². The highest BCUT2D eigenvalue weighted by atomic mass is 16.5. The second-order valence-corrected chi connectivity index (χ2v) is 12.0. The van der Waals surface area contributed by atoms with E-state index in [1.165, 1.54) is 22.9 Å². The number of rotatable bonds is 11. The number of carboxylic acids is 1. The summed E-state index contributed by atoms with van der Waals surface area (Å²) in [4.78, 5) is 28.1. The highest BCUT2D eigenvalue weighted by molar-refractivity contribution is 5.86. The van der Waals surface area contributed by atoms with Crippen molar-refractivity contribution in [3.63, 3.8) is 0 Å². The lowest BCUT2D eigenvalue weighted by Crippen LogP contribution is -2.40. The number of esters is 1. The average molecular weight is 581 g/mol. The molecule has 2 aromatic rings. The van der Waals surface area contributed by atoms with Gasteiger partial charge in [0.05, 0.1) is 12.6 Å². The number of anilines is 2. The zero-order chi connectivity index (χ0) is 31.2. The normalized spacial score (nSPS) is 20.0. The van der Waals surface area contributed by atoms with Crippen molar-refractivity contribution in [2.24, 2.45) is 0 Å². The van der Waals surface area contributed by atoms with Gasteiger partial charge >= 0.3 is 11.9 Å². The van der Waals surface area contributed by atoms with Crippen LogP contribution in [0.3, 0.4) is 0 Å². The molecule has 0 aromatic heterocycles. The molecule has 0 radical (unpaired) electrons.